The molecule has 0 atom stereocenters. The van der Waals surface area contributed by atoms with Gasteiger partial charge < -0.3 is 5.73 Å². The van der Waals surface area contributed by atoms with Gasteiger partial charge in [-0.15, -0.1) is 11.3 Å². The van der Waals surface area contributed by atoms with Crippen LogP contribution >= 0.6 is 11.3 Å². The fraction of sp³-hybridized carbons (Fsp3) is 0.235. The summed E-state index contributed by atoms with van der Waals surface area (Å²) in [5.41, 5.74) is 6.11. The lowest BCUT2D eigenvalue weighted by Gasteiger charge is -2.05. The fourth-order valence-corrected chi connectivity index (χ4v) is 3.85. The van der Waals surface area contributed by atoms with E-state index in [1.54, 1.807) is 0 Å². The van der Waals surface area contributed by atoms with Crippen molar-refractivity contribution >= 4 is 27.5 Å². The topological polar surface area (TPSA) is 97.9 Å². The van der Waals surface area contributed by atoms with Crippen LogP contribution in [0.25, 0.3) is 21.3 Å². The molecule has 3 aromatic rings. The molecule has 1 amide bonds. The summed E-state index contributed by atoms with van der Waals surface area (Å²) >= 11 is 1.40. The summed E-state index contributed by atoms with van der Waals surface area (Å²) in [5.74, 6) is -0.447. The van der Waals surface area contributed by atoms with Gasteiger partial charge in [-0.25, -0.2) is 4.79 Å². The molecule has 0 bridgehead atoms. The zero-order valence-electron chi connectivity index (χ0n) is 13.2. The summed E-state index contributed by atoms with van der Waals surface area (Å²) in [6.45, 7) is 2.10. The minimum absolute atomic E-state index is 0.137. The quantitative estimate of drug-likeness (QED) is 0.741. The summed E-state index contributed by atoms with van der Waals surface area (Å²) < 4.78 is 1.14. The van der Waals surface area contributed by atoms with Gasteiger partial charge >= 0.3 is 5.69 Å². The average Bonchev–Trinajstić information content (AvgIpc) is 2.87. The van der Waals surface area contributed by atoms with E-state index >= 15 is 0 Å². The number of hydrogen-bond acceptors (Lipinski definition) is 4. The van der Waals surface area contributed by atoms with E-state index in [1.165, 1.54) is 11.3 Å². The number of nitrogens with zero attached hydrogens (tertiary/aromatic N) is 1. The maximum Gasteiger partial charge on any atom is 0.329 e. The van der Waals surface area contributed by atoms with Crippen LogP contribution in [0.3, 0.4) is 0 Å². The lowest BCUT2D eigenvalue weighted by atomic mass is 10.0. The van der Waals surface area contributed by atoms with Gasteiger partial charge in [0, 0.05) is 23.4 Å². The number of nitrogens with one attached hydrogen (secondary N) is 1. The largest absolute Gasteiger partial charge is 0.370 e. The van der Waals surface area contributed by atoms with Crippen molar-refractivity contribution in [2.45, 2.75) is 26.3 Å². The molecule has 1 aromatic carbocycles. The van der Waals surface area contributed by atoms with Crippen LogP contribution < -0.4 is 17.0 Å². The number of thiophene rings is 1. The second-order valence-corrected chi connectivity index (χ2v) is 6.78. The number of carbonyl (C=O) groups excluding carboxylic acids is 1. The molecule has 0 spiro atoms. The molecule has 0 unspecified atom stereocenters. The third kappa shape index (κ3) is 2.90. The Balaban J connectivity index is 2.18. The summed E-state index contributed by atoms with van der Waals surface area (Å²) in [6, 6.07) is 9.62. The zero-order chi connectivity index (χ0) is 17.3. The highest BCUT2D eigenvalue weighted by atomic mass is 32.1. The smallest absolute Gasteiger partial charge is 0.329 e. The van der Waals surface area contributed by atoms with E-state index in [2.05, 4.69) is 4.98 Å². The highest BCUT2D eigenvalue weighted by Gasteiger charge is 2.17. The van der Waals surface area contributed by atoms with Crippen LogP contribution in [-0.4, -0.2) is 15.5 Å². The molecule has 0 aliphatic rings. The highest BCUT2D eigenvalue weighted by Crippen LogP contribution is 2.34. The number of fused-ring (bicyclic) bond motifs is 1. The number of benzene rings is 1. The van der Waals surface area contributed by atoms with E-state index in [0.717, 1.165) is 20.6 Å². The molecular formula is C17H17N3O3S. The number of H-pyrrole nitrogens is 1. The van der Waals surface area contributed by atoms with Gasteiger partial charge in [0.15, 0.2) is 0 Å². The lowest BCUT2D eigenvalue weighted by molar-refractivity contribution is -0.118. The summed E-state index contributed by atoms with van der Waals surface area (Å²) in [4.78, 5) is 40.2. The molecule has 3 N–H and O–H groups in total. The predicted octanol–water partition coefficient (Wildman–Crippen LogP) is 1.99. The van der Waals surface area contributed by atoms with Crippen molar-refractivity contribution in [2.24, 2.45) is 5.73 Å². The Morgan fingerprint density at radius 2 is 1.96 bits per heavy atom. The molecule has 0 radical (unpaired) electrons. The maximum absolute atomic E-state index is 12.9. The van der Waals surface area contributed by atoms with Crippen LogP contribution in [0.5, 0.6) is 0 Å². The van der Waals surface area contributed by atoms with E-state index in [0.29, 0.717) is 16.6 Å². The first-order valence-electron chi connectivity index (χ1n) is 7.59. The molecule has 2 aromatic heterocycles. The van der Waals surface area contributed by atoms with Crippen LogP contribution in [0.15, 0.2) is 39.9 Å². The molecule has 7 heteroatoms. The van der Waals surface area contributed by atoms with Crippen molar-refractivity contribution in [3.63, 3.8) is 0 Å². The molecule has 0 aliphatic heterocycles. The van der Waals surface area contributed by atoms with Gasteiger partial charge in [-0.3, -0.25) is 19.1 Å². The van der Waals surface area contributed by atoms with Gasteiger partial charge in [-0.1, -0.05) is 30.3 Å². The number of rotatable bonds is 5. The van der Waals surface area contributed by atoms with Crippen LogP contribution in [0.4, 0.5) is 0 Å². The van der Waals surface area contributed by atoms with Crippen molar-refractivity contribution < 1.29 is 4.79 Å². The standard InChI is InChI=1S/C17H17N3O3S/c1-10-13(11-6-3-2-4-7-11)14-15(24-10)19-17(23)20(16(14)22)9-5-8-12(18)21/h2-4,6-7H,5,8-9H2,1H3,(H2,18,21)(H,19,23). The van der Waals surface area contributed by atoms with Gasteiger partial charge in [-0.2, -0.15) is 0 Å². The third-order valence-electron chi connectivity index (χ3n) is 3.88. The minimum Gasteiger partial charge on any atom is -0.370 e. The first-order chi connectivity index (χ1) is 11.5. The van der Waals surface area contributed by atoms with E-state index in [1.807, 2.05) is 37.3 Å². The molecule has 124 valence electrons. The Morgan fingerprint density at radius 1 is 1.25 bits per heavy atom. The molecule has 0 fully saturated rings. The van der Waals surface area contributed by atoms with E-state index in [4.69, 9.17) is 5.73 Å². The van der Waals surface area contributed by atoms with Crippen LogP contribution in [0.2, 0.25) is 0 Å². The molecule has 3 rings (SSSR count). The molecule has 0 saturated carbocycles. The van der Waals surface area contributed by atoms with Crippen LogP contribution in [-0.2, 0) is 11.3 Å². The maximum atomic E-state index is 12.9. The average molecular weight is 343 g/mol. The van der Waals surface area contributed by atoms with Gasteiger partial charge in [0.05, 0.1) is 5.39 Å². The molecule has 2 heterocycles. The van der Waals surface area contributed by atoms with Crippen molar-refractivity contribution in [3.05, 3.63) is 56.0 Å². The third-order valence-corrected chi connectivity index (χ3v) is 4.90. The van der Waals surface area contributed by atoms with Gasteiger partial charge in [0.1, 0.15) is 4.83 Å². The Morgan fingerprint density at radius 3 is 2.62 bits per heavy atom. The number of primary amides is 1. The number of carbonyl (C=O) groups is 1. The number of hydrogen-bond donors (Lipinski definition) is 2. The Kier molecular flexibility index (Phi) is 4.35. The molecule has 24 heavy (non-hydrogen) atoms. The van der Waals surface area contributed by atoms with Crippen molar-refractivity contribution in [3.8, 4) is 11.1 Å². The summed E-state index contributed by atoms with van der Waals surface area (Å²) in [5, 5.41) is 0.516. The Bertz CT molecular complexity index is 1020. The predicted molar refractivity (Wildman–Crippen MR) is 95.3 cm³/mol. The second-order valence-electron chi connectivity index (χ2n) is 5.56. The Hall–Kier alpha value is -2.67. The molecule has 6 nitrogen and oxygen atoms in total. The minimum atomic E-state index is -0.460. The van der Waals surface area contributed by atoms with Gasteiger partial charge in [-0.05, 0) is 18.9 Å². The monoisotopic (exact) mass is 343 g/mol. The normalized spacial score (nSPS) is 11.0. The number of nitrogens with two attached hydrogens (primary N) is 1. The van der Waals surface area contributed by atoms with E-state index in [-0.39, 0.29) is 18.5 Å². The van der Waals surface area contributed by atoms with E-state index < -0.39 is 11.6 Å². The number of aromatic nitrogens is 2. The highest BCUT2D eigenvalue weighted by molar-refractivity contribution is 7.19. The number of aryl methyl sites for hydroxylation is 1. The van der Waals surface area contributed by atoms with Crippen molar-refractivity contribution in [1.82, 2.24) is 9.55 Å². The van der Waals surface area contributed by atoms with E-state index in [9.17, 15) is 14.4 Å². The van der Waals surface area contributed by atoms with Crippen molar-refractivity contribution in [1.29, 1.82) is 0 Å². The van der Waals surface area contributed by atoms with Gasteiger partial charge in [0.25, 0.3) is 5.56 Å². The summed E-state index contributed by atoms with van der Waals surface area (Å²) in [6.07, 6.45) is 0.492. The number of aromatic amines is 1. The molecular weight excluding hydrogens is 326 g/mol. The van der Waals surface area contributed by atoms with Crippen LogP contribution in [0.1, 0.15) is 17.7 Å². The fourth-order valence-electron chi connectivity index (χ4n) is 2.80. The summed E-state index contributed by atoms with van der Waals surface area (Å²) in [7, 11) is 0. The molecule has 0 saturated heterocycles. The van der Waals surface area contributed by atoms with Crippen LogP contribution in [0, 0.1) is 6.92 Å². The Labute approximate surface area is 141 Å². The first-order valence-corrected chi connectivity index (χ1v) is 8.40. The van der Waals surface area contributed by atoms with Crippen molar-refractivity contribution in [2.75, 3.05) is 0 Å². The van der Waals surface area contributed by atoms with Gasteiger partial charge in [0.2, 0.25) is 5.91 Å². The SMILES string of the molecule is Cc1sc2[nH]c(=O)n(CCCC(N)=O)c(=O)c2c1-c1ccccc1. The first kappa shape index (κ1) is 16.2. The molecule has 0 aliphatic carbocycles. The second kappa shape index (κ2) is 6.45. The number of amides is 1. The zero-order valence-corrected chi connectivity index (χ0v) is 14.0. The lowest BCUT2D eigenvalue weighted by Crippen LogP contribution is -2.35.